The molecule has 2 N–H and O–H groups in total. The molecule has 0 saturated carbocycles. The Hall–Kier alpha value is -2.72. The van der Waals surface area contributed by atoms with Crippen molar-refractivity contribution < 1.29 is 27.1 Å². The van der Waals surface area contributed by atoms with E-state index in [0.717, 1.165) is 12.1 Å². The third kappa shape index (κ3) is 4.23. The third-order valence-electron chi connectivity index (χ3n) is 4.37. The summed E-state index contributed by atoms with van der Waals surface area (Å²) < 4.78 is 51.8. The molecular formula is C18H20FN3O5S. The number of primary amides is 1. The average molecular weight is 409 g/mol. The molecule has 1 aliphatic heterocycles. The number of benzene rings is 1. The molecular weight excluding hydrogens is 389 g/mol. The highest BCUT2D eigenvalue weighted by atomic mass is 32.2. The van der Waals surface area contributed by atoms with Crippen molar-refractivity contribution in [2.24, 2.45) is 5.73 Å². The standard InChI is InChI=1S/C18H20FN3O5S/c1-26-16-5-4-12(19)9-17(16)28(24,25)22-8-2-3-14(11-22)27-13-6-7-21-15(10-13)18(20)23/h4-7,9-10,14H,2-3,8,11H2,1H3,(H2,20,23). The number of nitrogens with zero attached hydrogens (tertiary/aromatic N) is 2. The van der Waals surface area contributed by atoms with Crippen molar-refractivity contribution in [1.29, 1.82) is 0 Å². The maximum atomic E-state index is 13.6. The van der Waals surface area contributed by atoms with Gasteiger partial charge in [0.25, 0.3) is 5.91 Å². The molecule has 8 nitrogen and oxygen atoms in total. The zero-order chi connectivity index (χ0) is 20.3. The zero-order valence-electron chi connectivity index (χ0n) is 15.2. The summed E-state index contributed by atoms with van der Waals surface area (Å²) in [6, 6.07) is 6.34. The van der Waals surface area contributed by atoms with Crippen LogP contribution in [0.3, 0.4) is 0 Å². The SMILES string of the molecule is COc1ccc(F)cc1S(=O)(=O)N1CCCC(Oc2ccnc(C(N)=O)c2)C1. The number of hydrogen-bond acceptors (Lipinski definition) is 6. The van der Waals surface area contributed by atoms with E-state index in [2.05, 4.69) is 4.98 Å². The molecule has 0 radical (unpaired) electrons. The number of methoxy groups -OCH3 is 1. The van der Waals surface area contributed by atoms with Crippen LogP contribution in [-0.2, 0) is 10.0 Å². The van der Waals surface area contributed by atoms with E-state index < -0.39 is 27.9 Å². The van der Waals surface area contributed by atoms with E-state index in [4.69, 9.17) is 15.2 Å². The predicted octanol–water partition coefficient (Wildman–Crippen LogP) is 1.56. The Morgan fingerprint density at radius 3 is 2.82 bits per heavy atom. The zero-order valence-corrected chi connectivity index (χ0v) is 16.0. The molecule has 150 valence electrons. The van der Waals surface area contributed by atoms with Gasteiger partial charge in [-0.25, -0.2) is 12.8 Å². The number of hydrogen-bond donors (Lipinski definition) is 1. The number of rotatable bonds is 6. The summed E-state index contributed by atoms with van der Waals surface area (Å²) in [5.41, 5.74) is 5.27. The highest BCUT2D eigenvalue weighted by Gasteiger charge is 2.33. The molecule has 28 heavy (non-hydrogen) atoms. The topological polar surface area (TPSA) is 112 Å². The predicted molar refractivity (Wildman–Crippen MR) is 98.1 cm³/mol. The molecule has 1 atom stereocenters. The molecule has 0 spiro atoms. The molecule has 1 aromatic heterocycles. The van der Waals surface area contributed by atoms with Crippen LogP contribution in [0.5, 0.6) is 11.5 Å². The van der Waals surface area contributed by atoms with Crippen molar-refractivity contribution in [3.05, 3.63) is 48.0 Å². The molecule has 0 bridgehead atoms. The van der Waals surface area contributed by atoms with Gasteiger partial charge in [0.05, 0.1) is 13.7 Å². The number of aromatic nitrogens is 1. The summed E-state index contributed by atoms with van der Waals surface area (Å²) >= 11 is 0. The fraction of sp³-hybridized carbons (Fsp3) is 0.333. The van der Waals surface area contributed by atoms with Gasteiger partial charge in [-0.1, -0.05) is 0 Å². The minimum atomic E-state index is -3.97. The molecule has 2 aromatic rings. The van der Waals surface area contributed by atoms with E-state index in [1.165, 1.54) is 29.7 Å². The quantitative estimate of drug-likeness (QED) is 0.775. The normalized spacial score (nSPS) is 17.9. The smallest absolute Gasteiger partial charge is 0.267 e. The molecule has 3 rings (SSSR count). The van der Waals surface area contributed by atoms with Gasteiger partial charge in [0.1, 0.15) is 34.0 Å². The lowest BCUT2D eigenvalue weighted by molar-refractivity contribution is 0.0993. The molecule has 10 heteroatoms. The second-order valence-electron chi connectivity index (χ2n) is 6.28. The van der Waals surface area contributed by atoms with Crippen molar-refractivity contribution in [3.8, 4) is 11.5 Å². The van der Waals surface area contributed by atoms with Crippen LogP contribution in [0.2, 0.25) is 0 Å². The Bertz CT molecular complexity index is 983. The van der Waals surface area contributed by atoms with Crippen LogP contribution in [0.25, 0.3) is 0 Å². The van der Waals surface area contributed by atoms with Crippen LogP contribution < -0.4 is 15.2 Å². The minimum Gasteiger partial charge on any atom is -0.495 e. The highest BCUT2D eigenvalue weighted by molar-refractivity contribution is 7.89. The van der Waals surface area contributed by atoms with Gasteiger partial charge >= 0.3 is 0 Å². The number of pyridine rings is 1. The highest BCUT2D eigenvalue weighted by Crippen LogP contribution is 2.30. The van der Waals surface area contributed by atoms with Crippen molar-refractivity contribution in [2.75, 3.05) is 20.2 Å². The van der Waals surface area contributed by atoms with E-state index in [0.29, 0.717) is 18.6 Å². The third-order valence-corrected chi connectivity index (χ3v) is 6.26. The van der Waals surface area contributed by atoms with Gasteiger partial charge in [-0.2, -0.15) is 4.31 Å². The Balaban J connectivity index is 1.80. The lowest BCUT2D eigenvalue weighted by Gasteiger charge is -2.32. The number of ether oxygens (including phenoxy) is 2. The van der Waals surface area contributed by atoms with Gasteiger partial charge < -0.3 is 15.2 Å². The first kappa shape index (κ1) is 20.0. The maximum absolute atomic E-state index is 13.6. The maximum Gasteiger partial charge on any atom is 0.267 e. The van der Waals surface area contributed by atoms with Crippen molar-refractivity contribution in [3.63, 3.8) is 0 Å². The fourth-order valence-electron chi connectivity index (χ4n) is 3.02. The first-order valence-electron chi connectivity index (χ1n) is 8.57. The number of amides is 1. The summed E-state index contributed by atoms with van der Waals surface area (Å²) in [7, 11) is -2.64. The minimum absolute atomic E-state index is 0.0577. The largest absolute Gasteiger partial charge is 0.495 e. The van der Waals surface area contributed by atoms with E-state index in [9.17, 15) is 17.6 Å². The lowest BCUT2D eigenvalue weighted by Crippen LogP contribution is -2.44. The summed E-state index contributed by atoms with van der Waals surface area (Å²) in [5, 5.41) is 0. The molecule has 2 heterocycles. The number of carbonyl (C=O) groups is 1. The molecule has 1 saturated heterocycles. The van der Waals surface area contributed by atoms with Gasteiger partial charge in [-0.05, 0) is 37.1 Å². The van der Waals surface area contributed by atoms with Gasteiger partial charge in [0.15, 0.2) is 0 Å². The molecule has 1 amide bonds. The van der Waals surface area contributed by atoms with Crippen LogP contribution in [0, 0.1) is 5.82 Å². The first-order chi connectivity index (χ1) is 13.3. The lowest BCUT2D eigenvalue weighted by atomic mass is 10.1. The summed E-state index contributed by atoms with van der Waals surface area (Å²) in [6.07, 6.45) is 2.14. The van der Waals surface area contributed by atoms with Crippen molar-refractivity contribution >= 4 is 15.9 Å². The van der Waals surface area contributed by atoms with Gasteiger partial charge in [0.2, 0.25) is 10.0 Å². The summed E-state index contributed by atoms with van der Waals surface area (Å²) in [5.74, 6) is -0.905. The number of carbonyl (C=O) groups excluding carboxylic acids is 1. The fourth-order valence-corrected chi connectivity index (χ4v) is 4.70. The monoisotopic (exact) mass is 409 g/mol. The Labute approximate surface area is 162 Å². The summed E-state index contributed by atoms with van der Waals surface area (Å²) in [4.78, 5) is 14.9. The van der Waals surface area contributed by atoms with Crippen LogP contribution >= 0.6 is 0 Å². The Kier molecular flexibility index (Phi) is 5.80. The van der Waals surface area contributed by atoms with Crippen LogP contribution in [-0.4, -0.2) is 49.9 Å². The van der Waals surface area contributed by atoms with E-state index >= 15 is 0 Å². The molecule has 1 aromatic carbocycles. The number of sulfonamides is 1. The molecule has 1 aliphatic rings. The van der Waals surface area contributed by atoms with Gasteiger partial charge in [0, 0.05) is 18.8 Å². The first-order valence-corrected chi connectivity index (χ1v) is 10.0. The van der Waals surface area contributed by atoms with Gasteiger partial charge in [-0.3, -0.25) is 9.78 Å². The Morgan fingerprint density at radius 2 is 2.11 bits per heavy atom. The summed E-state index contributed by atoms with van der Waals surface area (Å²) in [6.45, 7) is 0.362. The number of nitrogens with two attached hydrogens (primary N) is 1. The Morgan fingerprint density at radius 1 is 1.32 bits per heavy atom. The van der Waals surface area contributed by atoms with Crippen LogP contribution in [0.15, 0.2) is 41.4 Å². The second kappa shape index (κ2) is 8.11. The second-order valence-corrected chi connectivity index (χ2v) is 8.19. The van der Waals surface area contributed by atoms with E-state index in [-0.39, 0.29) is 29.4 Å². The average Bonchev–Trinajstić information content (AvgIpc) is 2.68. The molecule has 1 unspecified atom stereocenters. The molecule has 1 fully saturated rings. The van der Waals surface area contributed by atoms with Gasteiger partial charge in [-0.15, -0.1) is 0 Å². The van der Waals surface area contributed by atoms with Crippen LogP contribution in [0.1, 0.15) is 23.3 Å². The molecule has 0 aliphatic carbocycles. The van der Waals surface area contributed by atoms with E-state index in [1.54, 1.807) is 6.07 Å². The van der Waals surface area contributed by atoms with Crippen LogP contribution in [0.4, 0.5) is 4.39 Å². The van der Waals surface area contributed by atoms with E-state index in [1.807, 2.05) is 0 Å². The number of piperidine rings is 1. The van der Waals surface area contributed by atoms with Crippen molar-refractivity contribution in [1.82, 2.24) is 9.29 Å². The van der Waals surface area contributed by atoms with Crippen molar-refractivity contribution in [2.45, 2.75) is 23.8 Å². The number of halogens is 1.